The van der Waals surface area contributed by atoms with E-state index in [-0.39, 0.29) is 5.76 Å². The molecule has 2 aromatic rings. The summed E-state index contributed by atoms with van der Waals surface area (Å²) >= 11 is 0. The molecule has 1 aromatic carbocycles. The van der Waals surface area contributed by atoms with Gasteiger partial charge in [0.2, 0.25) is 0 Å². The van der Waals surface area contributed by atoms with Gasteiger partial charge in [-0.15, -0.1) is 0 Å². The minimum atomic E-state index is -0.699. The van der Waals surface area contributed by atoms with Crippen molar-refractivity contribution >= 4 is 17.4 Å². The molecule has 1 aromatic heterocycles. The van der Waals surface area contributed by atoms with Crippen molar-refractivity contribution < 1.29 is 14.0 Å². The largest absolute Gasteiger partial charge is 0.457 e. The Morgan fingerprint density at radius 1 is 1.11 bits per heavy atom. The van der Waals surface area contributed by atoms with Gasteiger partial charge >= 0.3 is 0 Å². The zero-order chi connectivity index (χ0) is 13.1. The Kier molecular flexibility index (Phi) is 3.28. The maximum absolute atomic E-state index is 11.8. The van der Waals surface area contributed by atoms with Crippen molar-refractivity contribution in [2.75, 3.05) is 5.32 Å². The Labute approximate surface area is 105 Å². The zero-order valence-corrected chi connectivity index (χ0v) is 10.2. The maximum Gasteiger partial charge on any atom is 0.300 e. The maximum atomic E-state index is 11.8. The van der Waals surface area contributed by atoms with E-state index < -0.39 is 11.7 Å². The van der Waals surface area contributed by atoms with Crippen LogP contribution in [0.4, 0.5) is 5.69 Å². The van der Waals surface area contributed by atoms with E-state index in [1.807, 2.05) is 13.0 Å². The Hall–Kier alpha value is -2.36. The van der Waals surface area contributed by atoms with Crippen molar-refractivity contribution in [3.8, 4) is 0 Å². The minimum absolute atomic E-state index is 0.0680. The Bertz CT molecular complexity index is 565. The molecular formula is C14H13NO3. The number of furan rings is 1. The van der Waals surface area contributed by atoms with Gasteiger partial charge in [-0.05, 0) is 37.6 Å². The molecule has 0 fully saturated rings. The molecule has 0 atom stereocenters. The number of hydrogen-bond donors (Lipinski definition) is 1. The molecule has 4 nitrogen and oxygen atoms in total. The fourth-order valence-electron chi connectivity index (χ4n) is 1.51. The van der Waals surface area contributed by atoms with E-state index >= 15 is 0 Å². The van der Waals surface area contributed by atoms with Crippen LogP contribution in [0.1, 0.15) is 21.9 Å². The Morgan fingerprint density at radius 2 is 1.78 bits per heavy atom. The molecule has 0 saturated carbocycles. The van der Waals surface area contributed by atoms with Crippen LogP contribution in [-0.2, 0) is 4.79 Å². The zero-order valence-electron chi connectivity index (χ0n) is 10.2. The van der Waals surface area contributed by atoms with E-state index in [1.54, 1.807) is 37.3 Å². The van der Waals surface area contributed by atoms with Crippen molar-refractivity contribution in [1.82, 2.24) is 0 Å². The summed E-state index contributed by atoms with van der Waals surface area (Å²) in [6, 6.07) is 10.4. The Morgan fingerprint density at radius 3 is 2.33 bits per heavy atom. The summed E-state index contributed by atoms with van der Waals surface area (Å²) < 4.78 is 5.22. The summed E-state index contributed by atoms with van der Waals surface area (Å²) in [5.74, 6) is -0.658. The lowest BCUT2D eigenvalue weighted by Gasteiger charge is -2.01. The van der Waals surface area contributed by atoms with E-state index in [1.165, 1.54) is 0 Å². The molecule has 4 heteroatoms. The van der Waals surface area contributed by atoms with Crippen LogP contribution < -0.4 is 5.32 Å². The molecule has 2 rings (SSSR count). The van der Waals surface area contributed by atoms with Crippen LogP contribution in [0.2, 0.25) is 0 Å². The number of rotatable bonds is 3. The van der Waals surface area contributed by atoms with Crippen LogP contribution >= 0.6 is 0 Å². The topological polar surface area (TPSA) is 59.3 Å². The second-order valence-corrected chi connectivity index (χ2v) is 4.00. The quantitative estimate of drug-likeness (QED) is 0.666. The van der Waals surface area contributed by atoms with Gasteiger partial charge in [0.25, 0.3) is 11.7 Å². The summed E-state index contributed by atoms with van der Waals surface area (Å²) in [5, 5.41) is 2.52. The summed E-state index contributed by atoms with van der Waals surface area (Å²) in [7, 11) is 0. The Balaban J connectivity index is 2.12. The molecule has 0 radical (unpaired) electrons. The van der Waals surface area contributed by atoms with Crippen molar-refractivity contribution in [2.45, 2.75) is 13.8 Å². The third kappa shape index (κ3) is 2.48. The number of nitrogens with one attached hydrogen (secondary N) is 1. The molecule has 1 amide bonds. The molecule has 92 valence electrons. The van der Waals surface area contributed by atoms with Gasteiger partial charge in [0.15, 0.2) is 5.76 Å². The minimum Gasteiger partial charge on any atom is -0.457 e. The predicted octanol–water partition coefficient (Wildman–Crippen LogP) is 2.72. The fraction of sp³-hybridized carbons (Fsp3) is 0.143. The first-order valence-electron chi connectivity index (χ1n) is 5.55. The highest BCUT2D eigenvalue weighted by Crippen LogP contribution is 2.14. The highest BCUT2D eigenvalue weighted by Gasteiger charge is 2.20. The van der Waals surface area contributed by atoms with Gasteiger partial charge in [-0.2, -0.15) is 0 Å². The molecule has 1 N–H and O–H groups in total. The van der Waals surface area contributed by atoms with E-state index in [2.05, 4.69) is 5.32 Å². The second kappa shape index (κ2) is 4.87. The lowest BCUT2D eigenvalue weighted by molar-refractivity contribution is -0.112. The number of para-hydroxylation sites is 1. The van der Waals surface area contributed by atoms with E-state index in [0.29, 0.717) is 11.4 Å². The van der Waals surface area contributed by atoms with Crippen LogP contribution in [0.3, 0.4) is 0 Å². The first-order chi connectivity index (χ1) is 8.58. The standard InChI is InChI=1S/C14H13NO3/c1-9-8-12(18-10(9)2)13(16)14(17)15-11-6-4-3-5-7-11/h3-8H,1-2H3,(H,15,17). The average Bonchev–Trinajstić information content (AvgIpc) is 2.70. The van der Waals surface area contributed by atoms with Crippen molar-refractivity contribution in [3.63, 3.8) is 0 Å². The van der Waals surface area contributed by atoms with Gasteiger partial charge in [-0.1, -0.05) is 18.2 Å². The van der Waals surface area contributed by atoms with E-state index in [4.69, 9.17) is 4.42 Å². The molecule has 0 aliphatic rings. The van der Waals surface area contributed by atoms with Gasteiger partial charge in [-0.3, -0.25) is 9.59 Å². The number of carbonyl (C=O) groups excluding carboxylic acids is 2. The highest BCUT2D eigenvalue weighted by atomic mass is 16.3. The van der Waals surface area contributed by atoms with Crippen molar-refractivity contribution in [2.24, 2.45) is 0 Å². The third-order valence-corrected chi connectivity index (χ3v) is 2.63. The third-order valence-electron chi connectivity index (χ3n) is 2.63. The number of hydrogen-bond acceptors (Lipinski definition) is 3. The number of amides is 1. The van der Waals surface area contributed by atoms with Gasteiger partial charge in [0, 0.05) is 5.69 Å². The van der Waals surface area contributed by atoms with Crippen LogP contribution in [-0.4, -0.2) is 11.7 Å². The number of anilines is 1. The number of Topliss-reactive ketones (excluding diaryl/α,β-unsaturated/α-hetero) is 1. The normalized spacial score (nSPS) is 10.1. The number of aryl methyl sites for hydroxylation is 2. The van der Waals surface area contributed by atoms with Gasteiger partial charge in [0.1, 0.15) is 5.76 Å². The number of carbonyl (C=O) groups is 2. The monoisotopic (exact) mass is 243 g/mol. The smallest absolute Gasteiger partial charge is 0.300 e. The summed E-state index contributed by atoms with van der Waals surface area (Å²) in [6.45, 7) is 3.58. The molecular weight excluding hydrogens is 230 g/mol. The summed E-state index contributed by atoms with van der Waals surface area (Å²) in [6.07, 6.45) is 0. The first kappa shape index (κ1) is 12.1. The van der Waals surface area contributed by atoms with E-state index in [0.717, 1.165) is 5.56 Å². The van der Waals surface area contributed by atoms with Crippen molar-refractivity contribution in [3.05, 3.63) is 53.5 Å². The van der Waals surface area contributed by atoms with E-state index in [9.17, 15) is 9.59 Å². The van der Waals surface area contributed by atoms with Gasteiger partial charge in [-0.25, -0.2) is 0 Å². The molecule has 1 heterocycles. The van der Waals surface area contributed by atoms with Gasteiger partial charge < -0.3 is 9.73 Å². The van der Waals surface area contributed by atoms with Gasteiger partial charge in [0.05, 0.1) is 0 Å². The van der Waals surface area contributed by atoms with Crippen LogP contribution in [0, 0.1) is 13.8 Å². The molecule has 0 aliphatic carbocycles. The summed E-state index contributed by atoms with van der Waals surface area (Å²) in [5.41, 5.74) is 1.43. The molecule has 0 saturated heterocycles. The molecule has 0 unspecified atom stereocenters. The molecule has 0 aliphatic heterocycles. The number of ketones is 1. The second-order valence-electron chi connectivity index (χ2n) is 4.00. The molecule has 0 bridgehead atoms. The summed E-state index contributed by atoms with van der Waals surface area (Å²) in [4.78, 5) is 23.5. The SMILES string of the molecule is Cc1cc(C(=O)C(=O)Nc2ccccc2)oc1C. The van der Waals surface area contributed by atoms with Crippen LogP contribution in [0.5, 0.6) is 0 Å². The van der Waals surface area contributed by atoms with Crippen molar-refractivity contribution in [1.29, 1.82) is 0 Å². The average molecular weight is 243 g/mol. The molecule has 0 spiro atoms. The van der Waals surface area contributed by atoms with Crippen LogP contribution in [0.15, 0.2) is 40.8 Å². The lowest BCUT2D eigenvalue weighted by Crippen LogP contribution is -2.22. The fourth-order valence-corrected chi connectivity index (χ4v) is 1.51. The first-order valence-corrected chi connectivity index (χ1v) is 5.55. The predicted molar refractivity (Wildman–Crippen MR) is 67.6 cm³/mol. The van der Waals surface area contributed by atoms with Crippen LogP contribution in [0.25, 0.3) is 0 Å². The number of benzene rings is 1. The highest BCUT2D eigenvalue weighted by molar-refractivity contribution is 6.45. The molecule has 18 heavy (non-hydrogen) atoms. The lowest BCUT2D eigenvalue weighted by atomic mass is 10.2.